The van der Waals surface area contributed by atoms with Crippen LogP contribution in [0.15, 0.2) is 53.5 Å². The molecule has 0 bridgehead atoms. The number of para-hydroxylation sites is 2. The van der Waals surface area contributed by atoms with Crippen LogP contribution in [0, 0.1) is 0 Å². The van der Waals surface area contributed by atoms with Crippen molar-refractivity contribution in [3.8, 4) is 0 Å². The molecule has 0 aliphatic carbocycles. The van der Waals surface area contributed by atoms with Crippen LogP contribution in [0.1, 0.15) is 107 Å². The molecule has 1 heterocycles. The van der Waals surface area contributed by atoms with E-state index in [4.69, 9.17) is 0 Å². The molecular formula is C32H46N4O. The maximum absolute atomic E-state index is 13.2. The second kappa shape index (κ2) is 16.0. The highest BCUT2D eigenvalue weighted by Crippen LogP contribution is 2.23. The lowest BCUT2D eigenvalue weighted by molar-refractivity contribution is 0.0906. The van der Waals surface area contributed by atoms with Gasteiger partial charge in [-0.3, -0.25) is 4.79 Å². The predicted octanol–water partition coefficient (Wildman–Crippen LogP) is 8.97. The van der Waals surface area contributed by atoms with Crippen LogP contribution >= 0.6 is 0 Å². The molecule has 3 rings (SSSR count). The second-order valence-corrected chi connectivity index (χ2v) is 10.4. The van der Waals surface area contributed by atoms with Crippen molar-refractivity contribution in [1.82, 2.24) is 9.55 Å². The number of fused-ring (bicyclic) bond motifs is 1. The number of carbonyl (C=O) groups excluding carboxylic acids is 1. The van der Waals surface area contributed by atoms with Gasteiger partial charge in [-0.1, -0.05) is 108 Å². The number of aliphatic imine (C=N–C) groups is 1. The number of nitrogens with zero attached hydrogens (tertiary/aromatic N) is 4. The molecule has 0 aliphatic heterocycles. The molecule has 2 aromatic carbocycles. The normalized spacial score (nSPS) is 11.5. The summed E-state index contributed by atoms with van der Waals surface area (Å²) in [5.41, 5.74) is 3.75. The van der Waals surface area contributed by atoms with Crippen LogP contribution in [0.4, 0.5) is 11.6 Å². The van der Waals surface area contributed by atoms with Crippen LogP contribution in [-0.2, 0) is 0 Å². The molecule has 0 spiro atoms. The minimum absolute atomic E-state index is 0.0758. The van der Waals surface area contributed by atoms with Gasteiger partial charge < -0.3 is 4.90 Å². The number of carbonyl (C=O) groups is 1. The number of benzene rings is 2. The van der Waals surface area contributed by atoms with Gasteiger partial charge in [-0.05, 0) is 36.2 Å². The fraction of sp³-hybridized carbons (Fsp3) is 0.531. The third-order valence-corrected chi connectivity index (χ3v) is 7.03. The maximum Gasteiger partial charge on any atom is 0.237 e. The van der Waals surface area contributed by atoms with E-state index in [0.29, 0.717) is 12.4 Å². The first-order valence-electron chi connectivity index (χ1n) is 14.4. The number of rotatable bonds is 17. The van der Waals surface area contributed by atoms with E-state index >= 15 is 0 Å². The number of imidazole rings is 1. The summed E-state index contributed by atoms with van der Waals surface area (Å²) < 4.78 is 1.69. The molecular weight excluding hydrogens is 456 g/mol. The number of anilines is 1. The minimum Gasteiger partial charge on any atom is -0.378 e. The number of hydrogen-bond acceptors (Lipinski definition) is 4. The molecule has 0 aliphatic rings. The largest absolute Gasteiger partial charge is 0.378 e. The molecule has 200 valence electrons. The number of hydrogen-bond donors (Lipinski definition) is 0. The zero-order valence-corrected chi connectivity index (χ0v) is 23.3. The van der Waals surface area contributed by atoms with Gasteiger partial charge in [0.25, 0.3) is 0 Å². The van der Waals surface area contributed by atoms with Crippen molar-refractivity contribution in [3.63, 3.8) is 0 Å². The first kappa shape index (κ1) is 28.6. The first-order chi connectivity index (χ1) is 18.1. The summed E-state index contributed by atoms with van der Waals surface area (Å²) in [5.74, 6) is 0.532. The van der Waals surface area contributed by atoms with Crippen molar-refractivity contribution in [1.29, 1.82) is 0 Å². The fourth-order valence-corrected chi connectivity index (χ4v) is 4.74. The van der Waals surface area contributed by atoms with Crippen molar-refractivity contribution < 1.29 is 4.79 Å². The third kappa shape index (κ3) is 9.46. The Labute approximate surface area is 224 Å². The summed E-state index contributed by atoms with van der Waals surface area (Å²) >= 11 is 0. The summed E-state index contributed by atoms with van der Waals surface area (Å²) in [6, 6.07) is 16.0. The van der Waals surface area contributed by atoms with E-state index in [9.17, 15) is 4.79 Å². The lowest BCUT2D eigenvalue weighted by atomic mass is 10.0. The Balaban J connectivity index is 1.45. The van der Waals surface area contributed by atoms with E-state index in [-0.39, 0.29) is 5.91 Å². The highest BCUT2D eigenvalue weighted by Gasteiger charge is 2.15. The molecule has 0 radical (unpaired) electrons. The Hall–Kier alpha value is -2.95. The molecule has 0 atom stereocenters. The zero-order chi connectivity index (χ0) is 26.3. The predicted molar refractivity (Wildman–Crippen MR) is 159 cm³/mol. The average Bonchev–Trinajstić information content (AvgIpc) is 3.28. The maximum atomic E-state index is 13.2. The smallest absolute Gasteiger partial charge is 0.237 e. The zero-order valence-electron chi connectivity index (χ0n) is 23.3. The first-order valence-corrected chi connectivity index (χ1v) is 14.4. The SMILES string of the molecule is CCCCCCCCCCCCCCCC(=O)n1c(/N=C/c2ccc(N(C)C)cc2)nc2ccccc21. The monoisotopic (exact) mass is 502 g/mol. The van der Waals surface area contributed by atoms with Gasteiger partial charge in [0.1, 0.15) is 0 Å². The van der Waals surface area contributed by atoms with E-state index in [2.05, 4.69) is 33.9 Å². The van der Waals surface area contributed by atoms with Gasteiger partial charge >= 0.3 is 0 Å². The van der Waals surface area contributed by atoms with E-state index in [1.807, 2.05) is 50.5 Å². The van der Waals surface area contributed by atoms with Crippen LogP contribution in [0.25, 0.3) is 11.0 Å². The summed E-state index contributed by atoms with van der Waals surface area (Å²) in [7, 11) is 4.04. The van der Waals surface area contributed by atoms with E-state index in [1.54, 1.807) is 10.8 Å². The van der Waals surface area contributed by atoms with Gasteiger partial charge in [0.15, 0.2) is 0 Å². The minimum atomic E-state index is 0.0758. The summed E-state index contributed by atoms with van der Waals surface area (Å²) in [4.78, 5) is 24.5. The van der Waals surface area contributed by atoms with Crippen molar-refractivity contribution in [2.45, 2.75) is 96.8 Å². The Morgan fingerprint density at radius 3 is 1.97 bits per heavy atom. The van der Waals surface area contributed by atoms with Gasteiger partial charge in [0.2, 0.25) is 11.9 Å². The molecule has 5 nitrogen and oxygen atoms in total. The Morgan fingerprint density at radius 1 is 0.811 bits per heavy atom. The van der Waals surface area contributed by atoms with Crippen LogP contribution in [0.2, 0.25) is 0 Å². The standard InChI is InChI=1S/C32H46N4O/c1-4-5-6-7-8-9-10-11-12-13-14-15-16-21-31(37)36-30-20-18-17-19-29(30)34-32(36)33-26-27-22-24-28(25-23-27)35(2)3/h17-20,22-26H,4-16,21H2,1-3H3/b33-26+. The molecule has 0 unspecified atom stereocenters. The van der Waals surface area contributed by atoms with E-state index < -0.39 is 0 Å². The summed E-state index contributed by atoms with van der Waals surface area (Å²) in [6.45, 7) is 2.27. The molecule has 5 heteroatoms. The van der Waals surface area contributed by atoms with Gasteiger partial charge in [-0.25, -0.2) is 14.5 Å². The van der Waals surface area contributed by atoms with Crippen LogP contribution in [-0.4, -0.2) is 35.8 Å². The average molecular weight is 503 g/mol. The number of unbranched alkanes of at least 4 members (excludes halogenated alkanes) is 12. The van der Waals surface area contributed by atoms with Crippen molar-refractivity contribution in [2.75, 3.05) is 19.0 Å². The van der Waals surface area contributed by atoms with Crippen molar-refractivity contribution in [2.24, 2.45) is 4.99 Å². The Kier molecular flexibility index (Phi) is 12.4. The molecule has 0 fully saturated rings. The highest BCUT2D eigenvalue weighted by molar-refractivity contribution is 5.94. The van der Waals surface area contributed by atoms with Gasteiger partial charge in [0.05, 0.1) is 11.0 Å². The van der Waals surface area contributed by atoms with Crippen LogP contribution in [0.3, 0.4) is 0 Å². The second-order valence-electron chi connectivity index (χ2n) is 10.4. The Bertz CT molecular complexity index is 1100. The lowest BCUT2D eigenvalue weighted by Crippen LogP contribution is -2.10. The highest BCUT2D eigenvalue weighted by atomic mass is 16.2. The topological polar surface area (TPSA) is 50.5 Å². The van der Waals surface area contributed by atoms with Crippen molar-refractivity contribution in [3.05, 3.63) is 54.1 Å². The quantitative estimate of drug-likeness (QED) is 0.137. The molecule has 0 N–H and O–H groups in total. The van der Waals surface area contributed by atoms with E-state index in [1.165, 1.54) is 70.6 Å². The Morgan fingerprint density at radius 2 is 1.38 bits per heavy atom. The fourth-order valence-electron chi connectivity index (χ4n) is 4.74. The molecule has 37 heavy (non-hydrogen) atoms. The van der Waals surface area contributed by atoms with Gasteiger partial charge in [0, 0.05) is 32.4 Å². The molecule has 3 aromatic rings. The molecule has 0 amide bonds. The van der Waals surface area contributed by atoms with Gasteiger partial charge in [-0.15, -0.1) is 0 Å². The van der Waals surface area contributed by atoms with E-state index in [0.717, 1.165) is 35.1 Å². The lowest BCUT2D eigenvalue weighted by Gasteiger charge is -2.11. The van der Waals surface area contributed by atoms with Crippen LogP contribution in [0.5, 0.6) is 0 Å². The summed E-state index contributed by atoms with van der Waals surface area (Å²) in [6.07, 6.45) is 19.2. The third-order valence-electron chi connectivity index (χ3n) is 7.03. The van der Waals surface area contributed by atoms with Crippen LogP contribution < -0.4 is 4.90 Å². The summed E-state index contributed by atoms with van der Waals surface area (Å²) in [5, 5.41) is 0. The molecule has 0 saturated heterocycles. The number of aromatic nitrogens is 2. The molecule has 0 saturated carbocycles. The molecule has 1 aromatic heterocycles. The van der Waals surface area contributed by atoms with Gasteiger partial charge in [-0.2, -0.15) is 0 Å². The van der Waals surface area contributed by atoms with Crippen molar-refractivity contribution >= 4 is 34.8 Å².